The molecule has 2 heterocycles. The number of carbonyl (C=O) groups is 1. The molecule has 0 fully saturated rings. The van der Waals surface area contributed by atoms with E-state index < -0.39 is 0 Å². The van der Waals surface area contributed by atoms with Crippen LogP contribution < -0.4 is 11.1 Å². The fourth-order valence-corrected chi connectivity index (χ4v) is 3.16. The maximum Gasteiger partial charge on any atom is 0.228 e. The highest BCUT2D eigenvalue weighted by atomic mass is 32.2. The van der Waals surface area contributed by atoms with Crippen molar-refractivity contribution in [1.82, 2.24) is 10.2 Å². The lowest BCUT2D eigenvalue weighted by molar-refractivity contribution is -0.115. The SMILES string of the molecule is Nc1cc2c(cc1Sc1nncs1)NC(=O)C2. The number of anilines is 2. The lowest BCUT2D eigenvalue weighted by Gasteiger charge is -2.06. The number of aromatic nitrogens is 2. The van der Waals surface area contributed by atoms with Gasteiger partial charge in [-0.1, -0.05) is 23.1 Å². The van der Waals surface area contributed by atoms with Crippen LogP contribution in [-0.4, -0.2) is 16.1 Å². The summed E-state index contributed by atoms with van der Waals surface area (Å²) in [4.78, 5) is 12.2. The first-order valence-corrected chi connectivity index (χ1v) is 6.58. The van der Waals surface area contributed by atoms with Gasteiger partial charge in [0.05, 0.1) is 6.42 Å². The van der Waals surface area contributed by atoms with Crippen LogP contribution in [0.15, 0.2) is 26.9 Å². The molecule has 1 aromatic heterocycles. The zero-order chi connectivity index (χ0) is 11.8. The van der Waals surface area contributed by atoms with Crippen molar-refractivity contribution in [2.75, 3.05) is 11.1 Å². The van der Waals surface area contributed by atoms with Crippen molar-refractivity contribution in [2.45, 2.75) is 15.7 Å². The molecular formula is C10H8N4OS2. The Kier molecular flexibility index (Phi) is 2.49. The third kappa shape index (κ3) is 1.98. The first-order chi connectivity index (χ1) is 8.22. The van der Waals surface area contributed by atoms with Gasteiger partial charge in [-0.25, -0.2) is 0 Å². The van der Waals surface area contributed by atoms with Crippen LogP contribution >= 0.6 is 23.1 Å². The molecule has 3 N–H and O–H groups in total. The number of fused-ring (bicyclic) bond motifs is 1. The van der Waals surface area contributed by atoms with Crippen LogP contribution in [0.4, 0.5) is 11.4 Å². The van der Waals surface area contributed by atoms with Gasteiger partial charge in [0.1, 0.15) is 5.51 Å². The number of nitrogens with zero attached hydrogens (tertiary/aromatic N) is 2. The Bertz CT molecular complexity index is 582. The maximum atomic E-state index is 11.3. The van der Waals surface area contributed by atoms with E-state index >= 15 is 0 Å². The number of rotatable bonds is 2. The molecule has 7 heteroatoms. The second-order valence-electron chi connectivity index (χ2n) is 3.58. The predicted molar refractivity (Wildman–Crippen MR) is 67.2 cm³/mol. The van der Waals surface area contributed by atoms with Crippen LogP contribution in [-0.2, 0) is 11.2 Å². The van der Waals surface area contributed by atoms with Crippen LogP contribution in [0.2, 0.25) is 0 Å². The van der Waals surface area contributed by atoms with Gasteiger partial charge in [-0.3, -0.25) is 4.79 Å². The number of nitrogens with two attached hydrogens (primary N) is 1. The molecule has 1 aliphatic heterocycles. The Balaban J connectivity index is 1.96. The van der Waals surface area contributed by atoms with Crippen LogP contribution in [0.25, 0.3) is 0 Å². The molecule has 1 aromatic carbocycles. The summed E-state index contributed by atoms with van der Waals surface area (Å²) < 4.78 is 0.834. The smallest absolute Gasteiger partial charge is 0.228 e. The van der Waals surface area contributed by atoms with Crippen molar-refractivity contribution in [1.29, 1.82) is 0 Å². The van der Waals surface area contributed by atoms with Crippen LogP contribution in [0.3, 0.4) is 0 Å². The zero-order valence-electron chi connectivity index (χ0n) is 8.64. The number of hydrogen-bond donors (Lipinski definition) is 2. The molecule has 0 bridgehead atoms. The van der Waals surface area contributed by atoms with Gasteiger partial charge < -0.3 is 11.1 Å². The number of carbonyl (C=O) groups excluding carboxylic acids is 1. The first-order valence-electron chi connectivity index (χ1n) is 4.88. The van der Waals surface area contributed by atoms with Crippen molar-refractivity contribution in [3.05, 3.63) is 23.2 Å². The highest BCUT2D eigenvalue weighted by Gasteiger charge is 2.19. The average Bonchev–Trinajstić information content (AvgIpc) is 2.87. The Morgan fingerprint density at radius 1 is 1.47 bits per heavy atom. The minimum atomic E-state index is 0.0115. The molecule has 0 saturated heterocycles. The summed E-state index contributed by atoms with van der Waals surface area (Å²) >= 11 is 2.91. The van der Waals surface area contributed by atoms with E-state index in [9.17, 15) is 4.79 Å². The largest absolute Gasteiger partial charge is 0.398 e. The normalized spacial score (nSPS) is 13.5. The van der Waals surface area contributed by atoms with Crippen LogP contribution in [0, 0.1) is 0 Å². The van der Waals surface area contributed by atoms with Gasteiger partial charge in [0, 0.05) is 16.3 Å². The second kappa shape index (κ2) is 4.01. The van der Waals surface area contributed by atoms with Crippen molar-refractivity contribution in [3.8, 4) is 0 Å². The van der Waals surface area contributed by atoms with Crippen molar-refractivity contribution < 1.29 is 4.79 Å². The predicted octanol–water partition coefficient (Wildman–Crippen LogP) is 1.77. The Labute approximate surface area is 105 Å². The molecule has 0 unspecified atom stereocenters. The molecule has 0 saturated carbocycles. The fourth-order valence-electron chi connectivity index (χ4n) is 1.66. The van der Waals surface area contributed by atoms with Gasteiger partial charge in [0.15, 0.2) is 4.34 Å². The summed E-state index contributed by atoms with van der Waals surface area (Å²) in [5.74, 6) is 0.0115. The summed E-state index contributed by atoms with van der Waals surface area (Å²) in [7, 11) is 0. The van der Waals surface area contributed by atoms with E-state index in [1.165, 1.54) is 23.1 Å². The highest BCUT2D eigenvalue weighted by Crippen LogP contribution is 2.37. The monoisotopic (exact) mass is 264 g/mol. The molecule has 0 aliphatic carbocycles. The van der Waals surface area contributed by atoms with E-state index in [4.69, 9.17) is 5.73 Å². The Morgan fingerprint density at radius 3 is 3.12 bits per heavy atom. The third-order valence-corrected chi connectivity index (χ3v) is 4.25. The average molecular weight is 264 g/mol. The molecule has 0 radical (unpaired) electrons. The summed E-state index contributed by atoms with van der Waals surface area (Å²) in [6.07, 6.45) is 0.406. The van der Waals surface area contributed by atoms with Crippen LogP contribution in [0.5, 0.6) is 0 Å². The van der Waals surface area contributed by atoms with E-state index in [1.807, 2.05) is 12.1 Å². The van der Waals surface area contributed by atoms with Gasteiger partial charge in [-0.05, 0) is 17.7 Å². The van der Waals surface area contributed by atoms with Crippen molar-refractivity contribution in [3.63, 3.8) is 0 Å². The second-order valence-corrected chi connectivity index (χ2v) is 5.70. The van der Waals surface area contributed by atoms with Crippen molar-refractivity contribution >= 4 is 40.4 Å². The van der Waals surface area contributed by atoms with E-state index in [1.54, 1.807) is 5.51 Å². The maximum absolute atomic E-state index is 11.3. The Hall–Kier alpha value is -1.60. The topological polar surface area (TPSA) is 80.9 Å². The minimum Gasteiger partial charge on any atom is -0.398 e. The molecule has 17 heavy (non-hydrogen) atoms. The summed E-state index contributed by atoms with van der Waals surface area (Å²) in [6.45, 7) is 0. The molecular weight excluding hydrogens is 256 g/mol. The zero-order valence-corrected chi connectivity index (χ0v) is 10.3. The lowest BCUT2D eigenvalue weighted by Crippen LogP contribution is -2.03. The number of amides is 1. The molecule has 3 rings (SSSR count). The number of hydrogen-bond acceptors (Lipinski definition) is 6. The molecule has 0 spiro atoms. The minimum absolute atomic E-state index is 0.0115. The van der Waals surface area contributed by atoms with Crippen LogP contribution in [0.1, 0.15) is 5.56 Å². The van der Waals surface area contributed by atoms with Gasteiger partial charge >= 0.3 is 0 Å². The molecule has 5 nitrogen and oxygen atoms in total. The third-order valence-electron chi connectivity index (χ3n) is 2.40. The lowest BCUT2D eigenvalue weighted by atomic mass is 10.1. The quantitative estimate of drug-likeness (QED) is 0.808. The van der Waals surface area contributed by atoms with Crippen molar-refractivity contribution in [2.24, 2.45) is 0 Å². The van der Waals surface area contributed by atoms with E-state index in [0.29, 0.717) is 12.1 Å². The summed E-state index contributed by atoms with van der Waals surface area (Å²) in [5, 5.41) is 10.5. The molecule has 2 aromatic rings. The van der Waals surface area contributed by atoms with E-state index in [-0.39, 0.29) is 5.91 Å². The van der Waals surface area contributed by atoms with E-state index in [2.05, 4.69) is 15.5 Å². The molecule has 0 atom stereocenters. The highest BCUT2D eigenvalue weighted by molar-refractivity contribution is 8.01. The molecule has 86 valence electrons. The number of benzene rings is 1. The van der Waals surface area contributed by atoms with Gasteiger partial charge in [-0.2, -0.15) is 0 Å². The van der Waals surface area contributed by atoms with Gasteiger partial charge in [-0.15, -0.1) is 10.2 Å². The standard InChI is InChI=1S/C10H8N4OS2/c11-6-1-5-2-9(15)13-7(5)3-8(6)17-10-14-12-4-16-10/h1,3-4H,2,11H2,(H,13,15). The fraction of sp³-hybridized carbons (Fsp3) is 0.100. The number of nitrogens with one attached hydrogen (secondary N) is 1. The first kappa shape index (κ1) is 10.5. The summed E-state index contributed by atoms with van der Waals surface area (Å²) in [6, 6.07) is 3.73. The molecule has 1 amide bonds. The Morgan fingerprint density at radius 2 is 2.35 bits per heavy atom. The summed E-state index contributed by atoms with van der Waals surface area (Å²) in [5.41, 5.74) is 10.1. The van der Waals surface area contributed by atoms with Gasteiger partial charge in [0.2, 0.25) is 5.91 Å². The molecule has 1 aliphatic rings. The van der Waals surface area contributed by atoms with E-state index in [0.717, 1.165) is 20.5 Å². The van der Waals surface area contributed by atoms with Gasteiger partial charge in [0.25, 0.3) is 0 Å². The number of nitrogen functional groups attached to an aromatic ring is 1.